The molecule has 0 rings (SSSR count). The Labute approximate surface area is 95.0 Å². The first-order valence-electron chi connectivity index (χ1n) is 6.47. The molecule has 0 atom stereocenters. The molecule has 0 aliphatic carbocycles. The Balaban J connectivity index is 3.41. The molecule has 90 valence electrons. The third-order valence-corrected chi connectivity index (χ3v) is 2.72. The molecule has 0 aliphatic heterocycles. The molecule has 0 fully saturated rings. The molecule has 1 amide bonds. The van der Waals surface area contributed by atoms with Crippen LogP contribution in [0.3, 0.4) is 0 Å². The average Bonchev–Trinajstić information content (AvgIpc) is 2.21. The fourth-order valence-corrected chi connectivity index (χ4v) is 1.78. The molecule has 0 aliphatic rings. The van der Waals surface area contributed by atoms with Crippen LogP contribution in [0.15, 0.2) is 0 Å². The van der Waals surface area contributed by atoms with Crippen LogP contribution in [-0.2, 0) is 4.79 Å². The van der Waals surface area contributed by atoms with Crippen LogP contribution in [0.25, 0.3) is 0 Å². The van der Waals surface area contributed by atoms with Gasteiger partial charge in [-0.1, -0.05) is 46.0 Å². The molecule has 2 nitrogen and oxygen atoms in total. The standard InChI is InChI=1S/C13H27NO/c1-4-6-7-8-9-10-12-14(11-5-2)13(3)15/h4-12H2,1-3H3. The Morgan fingerprint density at radius 1 is 0.867 bits per heavy atom. The molecule has 0 saturated heterocycles. The van der Waals surface area contributed by atoms with Gasteiger partial charge in [0.2, 0.25) is 5.91 Å². The van der Waals surface area contributed by atoms with E-state index in [-0.39, 0.29) is 5.91 Å². The second kappa shape index (κ2) is 10.0. The van der Waals surface area contributed by atoms with Crippen LogP contribution >= 0.6 is 0 Å². The number of amides is 1. The van der Waals surface area contributed by atoms with E-state index in [0.29, 0.717) is 0 Å². The van der Waals surface area contributed by atoms with Gasteiger partial charge in [0.1, 0.15) is 0 Å². The van der Waals surface area contributed by atoms with Gasteiger partial charge in [-0.15, -0.1) is 0 Å². The van der Waals surface area contributed by atoms with Gasteiger partial charge in [0.05, 0.1) is 0 Å². The topological polar surface area (TPSA) is 20.3 Å². The highest BCUT2D eigenvalue weighted by atomic mass is 16.2. The van der Waals surface area contributed by atoms with Crippen LogP contribution in [0.4, 0.5) is 0 Å². The molecule has 2 heteroatoms. The van der Waals surface area contributed by atoms with Crippen molar-refractivity contribution in [2.24, 2.45) is 0 Å². The number of carbonyl (C=O) groups is 1. The summed E-state index contributed by atoms with van der Waals surface area (Å²) in [6.07, 6.45) is 8.84. The lowest BCUT2D eigenvalue weighted by atomic mass is 10.1. The lowest BCUT2D eigenvalue weighted by molar-refractivity contribution is -0.128. The van der Waals surface area contributed by atoms with E-state index in [1.165, 1.54) is 38.5 Å². The zero-order valence-electron chi connectivity index (χ0n) is 10.7. The van der Waals surface area contributed by atoms with Crippen molar-refractivity contribution in [1.29, 1.82) is 0 Å². The average molecular weight is 213 g/mol. The van der Waals surface area contributed by atoms with Crippen molar-refractivity contribution in [3.8, 4) is 0 Å². The van der Waals surface area contributed by atoms with E-state index >= 15 is 0 Å². The Kier molecular flexibility index (Phi) is 9.65. The van der Waals surface area contributed by atoms with Crippen molar-refractivity contribution in [3.05, 3.63) is 0 Å². The van der Waals surface area contributed by atoms with Gasteiger partial charge in [0.15, 0.2) is 0 Å². The first kappa shape index (κ1) is 14.5. The molecule has 0 spiro atoms. The van der Waals surface area contributed by atoms with Gasteiger partial charge in [-0.2, -0.15) is 0 Å². The van der Waals surface area contributed by atoms with E-state index in [2.05, 4.69) is 13.8 Å². The van der Waals surface area contributed by atoms with Crippen LogP contribution < -0.4 is 0 Å². The van der Waals surface area contributed by atoms with Crippen LogP contribution in [0, 0.1) is 0 Å². The van der Waals surface area contributed by atoms with Gasteiger partial charge < -0.3 is 4.90 Å². The predicted octanol–water partition coefficient (Wildman–Crippen LogP) is 3.61. The summed E-state index contributed by atoms with van der Waals surface area (Å²) in [6.45, 7) is 7.91. The summed E-state index contributed by atoms with van der Waals surface area (Å²) < 4.78 is 0. The highest BCUT2D eigenvalue weighted by molar-refractivity contribution is 5.73. The molecule has 0 N–H and O–H groups in total. The van der Waals surface area contributed by atoms with Crippen molar-refractivity contribution < 1.29 is 4.79 Å². The van der Waals surface area contributed by atoms with Crippen molar-refractivity contribution >= 4 is 5.91 Å². The molecule has 0 aromatic heterocycles. The Bertz CT molecular complexity index is 157. The normalized spacial score (nSPS) is 10.3. The summed E-state index contributed by atoms with van der Waals surface area (Å²) in [5, 5.41) is 0. The van der Waals surface area contributed by atoms with E-state index in [4.69, 9.17) is 0 Å². The number of nitrogens with zero attached hydrogens (tertiary/aromatic N) is 1. The second-order valence-electron chi connectivity index (χ2n) is 4.27. The van der Waals surface area contributed by atoms with E-state index in [1.54, 1.807) is 6.92 Å². The molecule has 0 heterocycles. The molecule has 0 radical (unpaired) electrons. The van der Waals surface area contributed by atoms with E-state index in [1.807, 2.05) is 4.90 Å². The summed E-state index contributed by atoms with van der Waals surface area (Å²) in [7, 11) is 0. The lowest BCUT2D eigenvalue weighted by Crippen LogP contribution is -2.30. The molecular weight excluding hydrogens is 186 g/mol. The first-order valence-corrected chi connectivity index (χ1v) is 6.47. The third-order valence-electron chi connectivity index (χ3n) is 2.72. The number of unbranched alkanes of at least 4 members (excludes halogenated alkanes) is 5. The lowest BCUT2D eigenvalue weighted by Gasteiger charge is -2.19. The first-order chi connectivity index (χ1) is 7.22. The fraction of sp³-hybridized carbons (Fsp3) is 0.923. The van der Waals surface area contributed by atoms with Crippen molar-refractivity contribution in [3.63, 3.8) is 0 Å². The van der Waals surface area contributed by atoms with Crippen LogP contribution in [0.5, 0.6) is 0 Å². The molecule has 0 bridgehead atoms. The van der Waals surface area contributed by atoms with Crippen molar-refractivity contribution in [2.75, 3.05) is 13.1 Å². The van der Waals surface area contributed by atoms with Crippen LogP contribution in [0.2, 0.25) is 0 Å². The van der Waals surface area contributed by atoms with Crippen molar-refractivity contribution in [1.82, 2.24) is 4.90 Å². The molecular formula is C13H27NO. The summed E-state index contributed by atoms with van der Waals surface area (Å²) in [5.74, 6) is 0.227. The van der Waals surface area contributed by atoms with E-state index in [0.717, 1.165) is 19.5 Å². The van der Waals surface area contributed by atoms with Crippen molar-refractivity contribution in [2.45, 2.75) is 65.7 Å². The number of rotatable bonds is 9. The predicted molar refractivity (Wildman–Crippen MR) is 65.9 cm³/mol. The second-order valence-corrected chi connectivity index (χ2v) is 4.27. The van der Waals surface area contributed by atoms with E-state index in [9.17, 15) is 4.79 Å². The SMILES string of the molecule is CCCCCCCCN(CCC)C(C)=O. The summed E-state index contributed by atoms with van der Waals surface area (Å²) in [6, 6.07) is 0. The fourth-order valence-electron chi connectivity index (χ4n) is 1.78. The van der Waals surface area contributed by atoms with Crippen LogP contribution in [0.1, 0.15) is 65.7 Å². The number of hydrogen-bond donors (Lipinski definition) is 0. The maximum atomic E-state index is 11.2. The van der Waals surface area contributed by atoms with Gasteiger partial charge in [-0.25, -0.2) is 0 Å². The molecule has 15 heavy (non-hydrogen) atoms. The summed E-state index contributed by atoms with van der Waals surface area (Å²) in [4.78, 5) is 13.2. The largest absolute Gasteiger partial charge is 0.343 e. The monoisotopic (exact) mass is 213 g/mol. The molecule has 0 aromatic rings. The minimum atomic E-state index is 0.227. The number of carbonyl (C=O) groups excluding carboxylic acids is 1. The van der Waals surface area contributed by atoms with Gasteiger partial charge >= 0.3 is 0 Å². The van der Waals surface area contributed by atoms with Gasteiger partial charge in [0.25, 0.3) is 0 Å². The van der Waals surface area contributed by atoms with Gasteiger partial charge in [0, 0.05) is 20.0 Å². The Hall–Kier alpha value is -0.530. The minimum absolute atomic E-state index is 0.227. The molecule has 0 saturated carbocycles. The number of hydrogen-bond acceptors (Lipinski definition) is 1. The van der Waals surface area contributed by atoms with Gasteiger partial charge in [-0.05, 0) is 12.8 Å². The van der Waals surface area contributed by atoms with Crippen LogP contribution in [-0.4, -0.2) is 23.9 Å². The molecule has 0 aromatic carbocycles. The molecule has 0 unspecified atom stereocenters. The maximum Gasteiger partial charge on any atom is 0.219 e. The maximum absolute atomic E-state index is 11.2. The quantitative estimate of drug-likeness (QED) is 0.536. The zero-order chi connectivity index (χ0) is 11.5. The smallest absolute Gasteiger partial charge is 0.219 e. The third kappa shape index (κ3) is 8.46. The Morgan fingerprint density at radius 3 is 2.00 bits per heavy atom. The minimum Gasteiger partial charge on any atom is -0.343 e. The van der Waals surface area contributed by atoms with E-state index < -0.39 is 0 Å². The Morgan fingerprint density at radius 2 is 1.47 bits per heavy atom. The highest BCUT2D eigenvalue weighted by Gasteiger charge is 2.05. The zero-order valence-corrected chi connectivity index (χ0v) is 10.7. The summed E-state index contributed by atoms with van der Waals surface area (Å²) in [5.41, 5.74) is 0. The summed E-state index contributed by atoms with van der Waals surface area (Å²) >= 11 is 0. The highest BCUT2D eigenvalue weighted by Crippen LogP contribution is 2.06. The van der Waals surface area contributed by atoms with Gasteiger partial charge in [-0.3, -0.25) is 4.79 Å².